The van der Waals surface area contributed by atoms with E-state index in [0.29, 0.717) is 16.9 Å². The summed E-state index contributed by atoms with van der Waals surface area (Å²) in [6.45, 7) is 4.44. The number of nitrogens with zero attached hydrogens (tertiary/aromatic N) is 3. The van der Waals surface area contributed by atoms with Crippen LogP contribution >= 0.6 is 0 Å². The van der Waals surface area contributed by atoms with Gasteiger partial charge in [-0.15, -0.1) is 0 Å². The van der Waals surface area contributed by atoms with Crippen LogP contribution in [0.2, 0.25) is 0 Å². The standard InChI is InChI=1S/C28H32N6O2/c29-24-9-7-21(20-4-2-1-3-5-20)16-25(24)32-26(35)22-6-8-23(31-17-22)10-13-33-14-11-28(18-33)12-15-34(19-28)27(30)36/h1-9,16-17H,10-15,18-19,29H2,(H2,30,36)(H,32,35). The lowest BCUT2D eigenvalue weighted by Gasteiger charge is -2.24. The summed E-state index contributed by atoms with van der Waals surface area (Å²) in [4.78, 5) is 33.1. The molecule has 1 aromatic heterocycles. The number of hydrogen-bond donors (Lipinski definition) is 3. The van der Waals surface area contributed by atoms with E-state index in [1.165, 1.54) is 0 Å². The van der Waals surface area contributed by atoms with Gasteiger partial charge in [0.25, 0.3) is 5.91 Å². The van der Waals surface area contributed by atoms with Crippen LogP contribution in [0, 0.1) is 5.41 Å². The molecule has 5 rings (SSSR count). The molecule has 8 nitrogen and oxygen atoms in total. The number of nitrogen functional groups attached to an aromatic ring is 1. The first-order valence-electron chi connectivity index (χ1n) is 12.4. The zero-order chi connectivity index (χ0) is 25.1. The van der Waals surface area contributed by atoms with Gasteiger partial charge in [-0.2, -0.15) is 0 Å². The molecule has 0 radical (unpaired) electrons. The molecule has 3 aromatic rings. The lowest BCUT2D eigenvalue weighted by atomic mass is 9.86. The summed E-state index contributed by atoms with van der Waals surface area (Å²) in [5, 5.41) is 2.92. The first-order valence-corrected chi connectivity index (χ1v) is 12.4. The molecule has 2 aromatic carbocycles. The number of primary amides is 1. The highest BCUT2D eigenvalue weighted by Gasteiger charge is 2.44. The topological polar surface area (TPSA) is 118 Å². The number of carbonyl (C=O) groups is 2. The molecular weight excluding hydrogens is 452 g/mol. The Hall–Kier alpha value is -3.91. The third kappa shape index (κ3) is 5.18. The maximum atomic E-state index is 12.9. The van der Waals surface area contributed by atoms with Gasteiger partial charge in [-0.3, -0.25) is 9.78 Å². The van der Waals surface area contributed by atoms with Gasteiger partial charge in [-0.05, 0) is 54.8 Å². The van der Waals surface area contributed by atoms with Gasteiger partial charge in [0.2, 0.25) is 0 Å². The van der Waals surface area contributed by atoms with E-state index >= 15 is 0 Å². The third-order valence-corrected chi connectivity index (χ3v) is 7.45. The monoisotopic (exact) mass is 484 g/mol. The van der Waals surface area contributed by atoms with Crippen molar-refractivity contribution in [2.24, 2.45) is 11.1 Å². The number of anilines is 2. The molecule has 0 aliphatic carbocycles. The summed E-state index contributed by atoms with van der Waals surface area (Å²) in [6, 6.07) is 19.0. The number of amides is 3. The van der Waals surface area contributed by atoms with Crippen molar-refractivity contribution in [3.05, 3.63) is 78.1 Å². The highest BCUT2D eigenvalue weighted by atomic mass is 16.2. The van der Waals surface area contributed by atoms with Crippen LogP contribution in [0.3, 0.4) is 0 Å². The van der Waals surface area contributed by atoms with Crippen molar-refractivity contribution in [3.8, 4) is 11.1 Å². The predicted octanol–water partition coefficient (Wildman–Crippen LogP) is 3.60. The second kappa shape index (κ2) is 9.99. The number of likely N-dealkylation sites (tertiary alicyclic amines) is 2. The largest absolute Gasteiger partial charge is 0.397 e. The molecular formula is C28H32N6O2. The van der Waals surface area contributed by atoms with Crippen molar-refractivity contribution in [1.82, 2.24) is 14.8 Å². The molecule has 3 amide bonds. The predicted molar refractivity (Wildman–Crippen MR) is 141 cm³/mol. The number of pyridine rings is 1. The minimum Gasteiger partial charge on any atom is -0.397 e. The molecule has 36 heavy (non-hydrogen) atoms. The van der Waals surface area contributed by atoms with E-state index in [-0.39, 0.29) is 17.4 Å². The minimum absolute atomic E-state index is 0.185. The van der Waals surface area contributed by atoms with Gasteiger partial charge in [0.1, 0.15) is 0 Å². The van der Waals surface area contributed by atoms with E-state index in [1.54, 1.807) is 17.2 Å². The van der Waals surface area contributed by atoms with Crippen LogP contribution in [0.15, 0.2) is 66.9 Å². The maximum absolute atomic E-state index is 12.9. The van der Waals surface area contributed by atoms with Gasteiger partial charge >= 0.3 is 6.03 Å². The van der Waals surface area contributed by atoms with Crippen molar-refractivity contribution in [3.63, 3.8) is 0 Å². The molecule has 1 spiro atoms. The van der Waals surface area contributed by atoms with E-state index in [4.69, 9.17) is 11.5 Å². The minimum atomic E-state index is -0.315. The molecule has 186 valence electrons. The fourth-order valence-electron chi connectivity index (χ4n) is 5.32. The molecule has 3 heterocycles. The number of hydrogen-bond acceptors (Lipinski definition) is 5. The Balaban J connectivity index is 1.16. The molecule has 0 bridgehead atoms. The SMILES string of the molecule is NC(=O)N1CCC2(CCN(CCc3ccc(C(=O)Nc4cc(-c5ccccc5)ccc4N)cn3)C2)C1. The van der Waals surface area contributed by atoms with Crippen LogP contribution in [0.1, 0.15) is 28.9 Å². The van der Waals surface area contributed by atoms with E-state index in [9.17, 15) is 9.59 Å². The van der Waals surface area contributed by atoms with Crippen LogP contribution in [0.5, 0.6) is 0 Å². The zero-order valence-corrected chi connectivity index (χ0v) is 20.3. The van der Waals surface area contributed by atoms with Crippen molar-refractivity contribution >= 4 is 23.3 Å². The van der Waals surface area contributed by atoms with Crippen LogP contribution in [-0.4, -0.2) is 59.4 Å². The van der Waals surface area contributed by atoms with Gasteiger partial charge in [0.15, 0.2) is 0 Å². The summed E-state index contributed by atoms with van der Waals surface area (Å²) >= 11 is 0. The van der Waals surface area contributed by atoms with Crippen LogP contribution in [0.4, 0.5) is 16.2 Å². The first-order chi connectivity index (χ1) is 17.4. The van der Waals surface area contributed by atoms with Gasteiger partial charge in [0, 0.05) is 49.9 Å². The Kier molecular flexibility index (Phi) is 6.61. The Morgan fingerprint density at radius 1 is 0.972 bits per heavy atom. The van der Waals surface area contributed by atoms with Gasteiger partial charge < -0.3 is 26.6 Å². The molecule has 5 N–H and O–H groups in total. The lowest BCUT2D eigenvalue weighted by molar-refractivity contribution is 0.102. The molecule has 1 atom stereocenters. The maximum Gasteiger partial charge on any atom is 0.314 e. The highest BCUT2D eigenvalue weighted by molar-refractivity contribution is 6.06. The number of rotatable bonds is 6. The number of urea groups is 1. The average Bonchev–Trinajstić information content (AvgIpc) is 3.51. The number of aromatic nitrogens is 1. The van der Waals surface area contributed by atoms with Crippen LogP contribution < -0.4 is 16.8 Å². The number of nitrogens with two attached hydrogens (primary N) is 2. The summed E-state index contributed by atoms with van der Waals surface area (Å²) in [5.74, 6) is -0.243. The molecule has 2 saturated heterocycles. The van der Waals surface area contributed by atoms with Crippen molar-refractivity contribution in [2.45, 2.75) is 19.3 Å². The van der Waals surface area contributed by atoms with Crippen LogP contribution in [-0.2, 0) is 6.42 Å². The van der Waals surface area contributed by atoms with Crippen molar-refractivity contribution < 1.29 is 9.59 Å². The van der Waals surface area contributed by atoms with Gasteiger partial charge in [0.05, 0.1) is 16.9 Å². The summed E-state index contributed by atoms with van der Waals surface area (Å²) in [5.41, 5.74) is 16.3. The van der Waals surface area contributed by atoms with E-state index in [0.717, 1.165) is 68.8 Å². The average molecular weight is 485 g/mol. The Labute approximate surface area is 211 Å². The van der Waals surface area contributed by atoms with E-state index in [1.807, 2.05) is 54.6 Å². The molecule has 2 aliphatic rings. The van der Waals surface area contributed by atoms with Gasteiger partial charge in [-0.25, -0.2) is 4.79 Å². The van der Waals surface area contributed by atoms with Gasteiger partial charge in [-0.1, -0.05) is 36.4 Å². The second-order valence-corrected chi connectivity index (χ2v) is 9.95. The number of benzene rings is 2. The zero-order valence-electron chi connectivity index (χ0n) is 20.3. The summed E-state index contributed by atoms with van der Waals surface area (Å²) in [6.07, 6.45) is 4.55. The highest BCUT2D eigenvalue weighted by Crippen LogP contribution is 2.39. The van der Waals surface area contributed by atoms with E-state index < -0.39 is 0 Å². The Morgan fingerprint density at radius 3 is 2.50 bits per heavy atom. The van der Waals surface area contributed by atoms with E-state index in [2.05, 4.69) is 15.2 Å². The first kappa shape index (κ1) is 23.8. The van der Waals surface area contributed by atoms with Crippen molar-refractivity contribution in [1.29, 1.82) is 0 Å². The Bertz CT molecular complexity index is 1250. The molecule has 2 aliphatic heterocycles. The van der Waals surface area contributed by atoms with Crippen molar-refractivity contribution in [2.75, 3.05) is 43.8 Å². The number of nitrogens with one attached hydrogen (secondary N) is 1. The second-order valence-electron chi connectivity index (χ2n) is 9.95. The smallest absolute Gasteiger partial charge is 0.314 e. The normalized spacial score (nSPS) is 19.6. The Morgan fingerprint density at radius 2 is 1.78 bits per heavy atom. The van der Waals surface area contributed by atoms with Crippen LogP contribution in [0.25, 0.3) is 11.1 Å². The molecule has 8 heteroatoms. The fourth-order valence-corrected chi connectivity index (χ4v) is 5.32. The molecule has 2 fully saturated rings. The fraction of sp³-hybridized carbons (Fsp3) is 0.321. The quantitative estimate of drug-likeness (QED) is 0.462. The third-order valence-electron chi connectivity index (χ3n) is 7.45. The number of carbonyl (C=O) groups excluding carboxylic acids is 2. The summed E-state index contributed by atoms with van der Waals surface area (Å²) in [7, 11) is 0. The summed E-state index contributed by atoms with van der Waals surface area (Å²) < 4.78 is 0. The molecule has 1 unspecified atom stereocenters. The lowest BCUT2D eigenvalue weighted by Crippen LogP contribution is -2.37. The molecule has 0 saturated carbocycles.